The predicted octanol–water partition coefficient (Wildman–Crippen LogP) is 0.598. The molecule has 0 spiro atoms. The van der Waals surface area contributed by atoms with E-state index in [4.69, 9.17) is 16.2 Å². The molecule has 0 fully saturated rings. The van der Waals surface area contributed by atoms with Gasteiger partial charge in [-0.2, -0.15) is 4.98 Å². The Morgan fingerprint density at radius 3 is 2.83 bits per heavy atom. The van der Waals surface area contributed by atoms with Gasteiger partial charge in [-0.15, -0.1) is 0 Å². The molecule has 1 aromatic rings. The van der Waals surface area contributed by atoms with Crippen LogP contribution in [-0.2, 0) is 0 Å². The van der Waals surface area contributed by atoms with E-state index in [1.807, 2.05) is 6.92 Å². The number of aliphatic imine (C=N–C) groups is 1. The first-order valence-electron chi connectivity index (χ1n) is 6.07. The van der Waals surface area contributed by atoms with Crippen LogP contribution in [0.2, 0.25) is 0 Å². The van der Waals surface area contributed by atoms with Crippen LogP contribution in [-0.4, -0.2) is 28.7 Å². The SMILES string of the molecule is CCC[C@H](C)C1(N)N=C(N)c2[nH]c(OC)nc2N1. The van der Waals surface area contributed by atoms with Gasteiger partial charge in [-0.1, -0.05) is 20.3 Å². The van der Waals surface area contributed by atoms with Crippen LogP contribution in [0.15, 0.2) is 4.99 Å². The molecule has 7 nitrogen and oxygen atoms in total. The summed E-state index contributed by atoms with van der Waals surface area (Å²) in [6.45, 7) is 4.15. The number of amidine groups is 1. The second-order valence-corrected chi connectivity index (χ2v) is 4.61. The molecule has 0 radical (unpaired) electrons. The monoisotopic (exact) mass is 252 g/mol. The minimum absolute atomic E-state index is 0.150. The third-order valence-corrected chi connectivity index (χ3v) is 3.23. The number of nitrogens with two attached hydrogens (primary N) is 2. The largest absolute Gasteiger partial charge is 0.468 e. The Kier molecular flexibility index (Phi) is 3.16. The number of aromatic nitrogens is 2. The molecule has 0 amide bonds. The molecule has 1 aromatic heterocycles. The van der Waals surface area contributed by atoms with Gasteiger partial charge in [0.2, 0.25) is 0 Å². The van der Waals surface area contributed by atoms with Crippen molar-refractivity contribution in [2.45, 2.75) is 32.5 Å². The number of hydrogen-bond donors (Lipinski definition) is 4. The second kappa shape index (κ2) is 4.49. The number of nitrogens with one attached hydrogen (secondary N) is 2. The van der Waals surface area contributed by atoms with Crippen molar-refractivity contribution < 1.29 is 4.74 Å². The number of hydrogen-bond acceptors (Lipinski definition) is 6. The summed E-state index contributed by atoms with van der Waals surface area (Å²) < 4.78 is 5.03. The van der Waals surface area contributed by atoms with Crippen LogP contribution < -0.4 is 21.5 Å². The van der Waals surface area contributed by atoms with Gasteiger partial charge in [-0.3, -0.25) is 5.73 Å². The van der Waals surface area contributed by atoms with Gasteiger partial charge in [0.15, 0.2) is 11.6 Å². The highest BCUT2D eigenvalue weighted by atomic mass is 16.5. The zero-order valence-electron chi connectivity index (χ0n) is 10.9. The number of rotatable bonds is 4. The van der Waals surface area contributed by atoms with Crippen LogP contribution in [0.25, 0.3) is 0 Å². The number of imidazole rings is 1. The lowest BCUT2D eigenvalue weighted by Gasteiger charge is -2.35. The van der Waals surface area contributed by atoms with Crippen molar-refractivity contribution in [1.82, 2.24) is 9.97 Å². The maximum atomic E-state index is 6.27. The van der Waals surface area contributed by atoms with E-state index in [2.05, 4.69) is 27.2 Å². The Morgan fingerprint density at radius 2 is 2.22 bits per heavy atom. The molecule has 2 atom stereocenters. The third-order valence-electron chi connectivity index (χ3n) is 3.23. The summed E-state index contributed by atoms with van der Waals surface area (Å²) in [5, 5.41) is 3.13. The number of H-pyrrole nitrogens is 1. The summed E-state index contributed by atoms with van der Waals surface area (Å²) >= 11 is 0. The first-order valence-corrected chi connectivity index (χ1v) is 6.07. The van der Waals surface area contributed by atoms with Gasteiger partial charge >= 0.3 is 0 Å². The molecule has 1 aliphatic rings. The van der Waals surface area contributed by atoms with Gasteiger partial charge in [0, 0.05) is 5.92 Å². The topological polar surface area (TPSA) is 114 Å². The fraction of sp³-hybridized carbons (Fsp3) is 0.636. The summed E-state index contributed by atoms with van der Waals surface area (Å²) in [6.07, 6.45) is 1.99. The van der Waals surface area contributed by atoms with Crippen molar-refractivity contribution in [3.63, 3.8) is 0 Å². The third kappa shape index (κ3) is 2.01. The number of nitrogens with zero attached hydrogens (tertiary/aromatic N) is 2. The van der Waals surface area contributed by atoms with Crippen LogP contribution >= 0.6 is 0 Å². The number of methoxy groups -OCH3 is 1. The summed E-state index contributed by atoms with van der Waals surface area (Å²) in [7, 11) is 1.53. The Balaban J connectivity index is 2.33. The predicted molar refractivity (Wildman–Crippen MR) is 70.5 cm³/mol. The van der Waals surface area contributed by atoms with Crippen LogP contribution in [0.5, 0.6) is 6.01 Å². The molecule has 2 heterocycles. The molecule has 100 valence electrons. The number of fused-ring (bicyclic) bond motifs is 1. The lowest BCUT2D eigenvalue weighted by molar-refractivity contribution is 0.318. The molecule has 1 aliphatic heterocycles. The smallest absolute Gasteiger partial charge is 0.295 e. The molecule has 2 rings (SSSR count). The van der Waals surface area contributed by atoms with Gasteiger partial charge < -0.3 is 20.8 Å². The van der Waals surface area contributed by atoms with Crippen molar-refractivity contribution in [2.24, 2.45) is 22.4 Å². The van der Waals surface area contributed by atoms with Crippen LogP contribution in [0.1, 0.15) is 32.4 Å². The normalized spacial score (nSPS) is 23.9. The van der Waals surface area contributed by atoms with E-state index < -0.39 is 5.79 Å². The second-order valence-electron chi connectivity index (χ2n) is 4.61. The molecular weight excluding hydrogens is 232 g/mol. The Morgan fingerprint density at radius 1 is 1.50 bits per heavy atom. The van der Waals surface area contributed by atoms with E-state index >= 15 is 0 Å². The summed E-state index contributed by atoms with van der Waals surface area (Å²) in [6, 6.07) is 0.387. The lowest BCUT2D eigenvalue weighted by Crippen LogP contribution is -2.55. The molecule has 0 aromatic carbocycles. The lowest BCUT2D eigenvalue weighted by atomic mass is 9.97. The highest BCUT2D eigenvalue weighted by molar-refractivity contribution is 6.01. The van der Waals surface area contributed by atoms with Crippen molar-refractivity contribution in [2.75, 3.05) is 12.4 Å². The number of aromatic amines is 1. The first kappa shape index (κ1) is 12.7. The maximum absolute atomic E-state index is 6.27. The van der Waals surface area contributed by atoms with Crippen molar-refractivity contribution >= 4 is 11.7 Å². The maximum Gasteiger partial charge on any atom is 0.295 e. The Bertz CT molecular complexity index is 468. The molecule has 1 unspecified atom stereocenters. The highest BCUT2D eigenvalue weighted by Crippen LogP contribution is 2.30. The van der Waals surface area contributed by atoms with Crippen LogP contribution in [0.4, 0.5) is 5.82 Å². The van der Waals surface area contributed by atoms with Gasteiger partial charge in [0.25, 0.3) is 6.01 Å². The molecule has 18 heavy (non-hydrogen) atoms. The Labute approximate surface area is 106 Å². The summed E-state index contributed by atoms with van der Waals surface area (Å²) in [5.41, 5.74) is 12.8. The molecule has 0 saturated carbocycles. The van der Waals surface area contributed by atoms with Crippen molar-refractivity contribution in [3.05, 3.63) is 5.69 Å². The average Bonchev–Trinajstić information content (AvgIpc) is 2.72. The highest BCUT2D eigenvalue weighted by Gasteiger charge is 2.37. The first-order chi connectivity index (χ1) is 8.50. The minimum Gasteiger partial charge on any atom is -0.468 e. The fourth-order valence-electron chi connectivity index (χ4n) is 2.08. The number of anilines is 1. The standard InChI is InChI=1S/C11H20N6O/c1-4-5-6(2)11(13)16-8(12)7-9(17-11)15-10(14-7)18-3/h6,17H,4-5,13H2,1-3H3,(H2,12,16)(H,14,15)/t6-,11?/m0/s1. The average molecular weight is 252 g/mol. The van der Waals surface area contributed by atoms with E-state index in [1.54, 1.807) is 0 Å². The van der Waals surface area contributed by atoms with E-state index in [-0.39, 0.29) is 5.92 Å². The molecule has 0 aliphatic carbocycles. The number of ether oxygens (including phenoxy) is 1. The fourth-order valence-corrected chi connectivity index (χ4v) is 2.08. The molecular formula is C11H20N6O. The van der Waals surface area contributed by atoms with Gasteiger partial charge in [0.05, 0.1) is 7.11 Å². The quantitative estimate of drug-likeness (QED) is 0.626. The van der Waals surface area contributed by atoms with E-state index in [0.717, 1.165) is 12.8 Å². The van der Waals surface area contributed by atoms with E-state index in [9.17, 15) is 0 Å². The van der Waals surface area contributed by atoms with E-state index in [1.165, 1.54) is 7.11 Å². The molecule has 6 N–H and O–H groups in total. The van der Waals surface area contributed by atoms with Crippen molar-refractivity contribution in [1.29, 1.82) is 0 Å². The Hall–Kier alpha value is -1.76. The zero-order chi connectivity index (χ0) is 13.3. The summed E-state index contributed by atoms with van der Waals surface area (Å²) in [5.74, 6) is 0.180. The summed E-state index contributed by atoms with van der Waals surface area (Å²) in [4.78, 5) is 11.5. The zero-order valence-corrected chi connectivity index (χ0v) is 10.9. The van der Waals surface area contributed by atoms with E-state index in [0.29, 0.717) is 23.4 Å². The van der Waals surface area contributed by atoms with Gasteiger partial charge in [-0.05, 0) is 6.42 Å². The van der Waals surface area contributed by atoms with Crippen LogP contribution in [0, 0.1) is 5.92 Å². The van der Waals surface area contributed by atoms with Gasteiger partial charge in [0.1, 0.15) is 11.5 Å². The molecule has 0 bridgehead atoms. The van der Waals surface area contributed by atoms with Crippen LogP contribution in [0.3, 0.4) is 0 Å². The van der Waals surface area contributed by atoms with Crippen molar-refractivity contribution in [3.8, 4) is 6.01 Å². The molecule has 7 heteroatoms. The minimum atomic E-state index is -0.909. The van der Waals surface area contributed by atoms with Gasteiger partial charge in [-0.25, -0.2) is 4.99 Å². The molecule has 0 saturated heterocycles.